The molecule has 0 radical (unpaired) electrons. The second-order valence-corrected chi connectivity index (χ2v) is 11.1. The van der Waals surface area contributed by atoms with Gasteiger partial charge >= 0.3 is 0 Å². The van der Waals surface area contributed by atoms with E-state index in [1.165, 1.54) is 0 Å². The number of rotatable bonds is 10. The van der Waals surface area contributed by atoms with Crippen molar-refractivity contribution in [3.05, 3.63) is 138 Å². The summed E-state index contributed by atoms with van der Waals surface area (Å²) < 4.78 is 8.14. The van der Waals surface area contributed by atoms with E-state index < -0.39 is 6.04 Å². The van der Waals surface area contributed by atoms with Gasteiger partial charge in [0.2, 0.25) is 11.8 Å². The maximum absolute atomic E-state index is 13.8. The molecule has 1 aliphatic heterocycles. The third-order valence-corrected chi connectivity index (χ3v) is 8.11. The van der Waals surface area contributed by atoms with Crippen molar-refractivity contribution in [3.8, 4) is 6.07 Å². The highest BCUT2D eigenvalue weighted by molar-refractivity contribution is 5.90. The SMILES string of the molecule is N#Cc1ccc(Cn2cncc2CC(=O)N2C[C@H](OCc3ccccc3)C[C@H]2C(=O)NCc2cccc3ccccc23)cc1. The van der Waals surface area contributed by atoms with Crippen LogP contribution in [0.15, 0.2) is 110 Å². The maximum atomic E-state index is 13.8. The molecule has 2 amide bonds. The lowest BCUT2D eigenvalue weighted by Gasteiger charge is -2.24. The number of carbonyl (C=O) groups excluding carboxylic acids is 2. The number of carbonyl (C=O) groups is 2. The van der Waals surface area contributed by atoms with Gasteiger partial charge in [0.1, 0.15) is 6.04 Å². The van der Waals surface area contributed by atoms with Gasteiger partial charge in [-0.2, -0.15) is 5.26 Å². The van der Waals surface area contributed by atoms with Crippen LogP contribution < -0.4 is 5.32 Å². The Morgan fingerprint density at radius 2 is 1.70 bits per heavy atom. The minimum Gasteiger partial charge on any atom is -0.372 e. The molecule has 0 unspecified atom stereocenters. The van der Waals surface area contributed by atoms with Gasteiger partial charge in [0, 0.05) is 37.9 Å². The molecule has 1 aromatic heterocycles. The first-order chi connectivity index (χ1) is 21.6. The lowest BCUT2D eigenvalue weighted by atomic mass is 10.0. The number of nitrogens with one attached hydrogen (secondary N) is 1. The fraction of sp³-hybridized carbons (Fsp3) is 0.222. The number of nitrogens with zero attached hydrogens (tertiary/aromatic N) is 4. The molecule has 5 aromatic rings. The first-order valence-electron chi connectivity index (χ1n) is 14.7. The van der Waals surface area contributed by atoms with Crippen LogP contribution in [0.2, 0.25) is 0 Å². The monoisotopic (exact) mass is 583 g/mol. The summed E-state index contributed by atoms with van der Waals surface area (Å²) in [5.41, 5.74) is 4.41. The van der Waals surface area contributed by atoms with Crippen LogP contribution in [0.5, 0.6) is 0 Å². The first-order valence-corrected chi connectivity index (χ1v) is 14.7. The van der Waals surface area contributed by atoms with E-state index in [0.717, 1.165) is 33.2 Å². The standard InChI is InChI=1S/C36H33N5O3/c37-19-26-13-15-27(16-14-26)22-40-25-38-21-31(40)17-35(42)41-23-32(44-24-28-7-2-1-3-8-28)18-34(41)36(43)39-20-30-11-6-10-29-9-4-5-12-33(29)30/h1-16,21,25,32,34H,17-18,20,22-24H2,(H,39,43)/t32-,34+/m1/s1. The molecule has 1 N–H and O–H groups in total. The second kappa shape index (κ2) is 13.4. The fourth-order valence-electron chi connectivity index (χ4n) is 5.75. The number of aromatic nitrogens is 2. The Morgan fingerprint density at radius 1 is 0.932 bits per heavy atom. The highest BCUT2D eigenvalue weighted by Crippen LogP contribution is 2.24. The predicted molar refractivity (Wildman–Crippen MR) is 167 cm³/mol. The van der Waals surface area contributed by atoms with Crippen LogP contribution in [0.1, 0.15) is 34.4 Å². The number of amides is 2. The van der Waals surface area contributed by atoms with Crippen molar-refractivity contribution in [3.63, 3.8) is 0 Å². The van der Waals surface area contributed by atoms with E-state index in [4.69, 9.17) is 10.00 Å². The van der Waals surface area contributed by atoms with Crippen molar-refractivity contribution in [1.82, 2.24) is 19.8 Å². The van der Waals surface area contributed by atoms with Crippen LogP contribution in [0.25, 0.3) is 10.8 Å². The van der Waals surface area contributed by atoms with Gasteiger partial charge in [0.25, 0.3) is 0 Å². The zero-order valence-electron chi connectivity index (χ0n) is 24.3. The Bertz CT molecular complexity index is 1790. The molecule has 6 rings (SSSR count). The number of fused-ring (bicyclic) bond motifs is 1. The zero-order valence-corrected chi connectivity index (χ0v) is 24.3. The molecule has 0 bridgehead atoms. The molecular formula is C36H33N5O3. The van der Waals surface area contributed by atoms with Gasteiger partial charge < -0.3 is 19.5 Å². The molecule has 0 aliphatic carbocycles. The molecule has 2 heterocycles. The number of nitriles is 1. The number of hydrogen-bond acceptors (Lipinski definition) is 5. The number of benzene rings is 4. The fourth-order valence-corrected chi connectivity index (χ4v) is 5.75. The van der Waals surface area contributed by atoms with E-state index in [2.05, 4.69) is 34.6 Å². The largest absolute Gasteiger partial charge is 0.372 e. The third-order valence-electron chi connectivity index (χ3n) is 8.11. The molecule has 1 fully saturated rings. The van der Waals surface area contributed by atoms with Gasteiger partial charge in [-0.25, -0.2) is 4.98 Å². The van der Waals surface area contributed by atoms with Gasteiger partial charge in [-0.15, -0.1) is 0 Å². The van der Waals surface area contributed by atoms with Crippen molar-refractivity contribution in [2.45, 2.75) is 44.7 Å². The Kier molecular flexibility index (Phi) is 8.76. The van der Waals surface area contributed by atoms with Crippen molar-refractivity contribution >= 4 is 22.6 Å². The smallest absolute Gasteiger partial charge is 0.243 e. The number of ether oxygens (including phenoxy) is 1. The molecule has 1 saturated heterocycles. The van der Waals surface area contributed by atoms with E-state index in [1.54, 1.807) is 29.6 Å². The van der Waals surface area contributed by atoms with Crippen molar-refractivity contribution in [2.24, 2.45) is 0 Å². The third kappa shape index (κ3) is 6.69. The van der Waals surface area contributed by atoms with E-state index in [-0.39, 0.29) is 24.3 Å². The van der Waals surface area contributed by atoms with Gasteiger partial charge in [-0.3, -0.25) is 9.59 Å². The highest BCUT2D eigenvalue weighted by atomic mass is 16.5. The second-order valence-electron chi connectivity index (χ2n) is 11.1. The van der Waals surface area contributed by atoms with Gasteiger partial charge in [0.15, 0.2) is 0 Å². The predicted octanol–water partition coefficient (Wildman–Crippen LogP) is 5.00. The molecule has 44 heavy (non-hydrogen) atoms. The average Bonchev–Trinajstić information content (AvgIpc) is 3.70. The summed E-state index contributed by atoms with van der Waals surface area (Å²) in [7, 11) is 0. The summed E-state index contributed by atoms with van der Waals surface area (Å²) in [5.74, 6) is -0.342. The summed E-state index contributed by atoms with van der Waals surface area (Å²) in [5, 5.41) is 14.4. The van der Waals surface area contributed by atoms with E-state index in [9.17, 15) is 9.59 Å². The maximum Gasteiger partial charge on any atom is 0.243 e. The zero-order chi connectivity index (χ0) is 30.3. The highest BCUT2D eigenvalue weighted by Gasteiger charge is 2.40. The number of likely N-dealkylation sites (tertiary alicyclic amines) is 1. The van der Waals surface area contributed by atoms with Crippen LogP contribution in [-0.2, 0) is 40.4 Å². The van der Waals surface area contributed by atoms with Crippen LogP contribution in [-0.4, -0.2) is 45.0 Å². The molecule has 0 saturated carbocycles. The van der Waals surface area contributed by atoms with E-state index in [1.807, 2.05) is 71.3 Å². The van der Waals surface area contributed by atoms with Gasteiger partial charge in [-0.05, 0) is 39.6 Å². The van der Waals surface area contributed by atoms with Crippen LogP contribution in [0.3, 0.4) is 0 Å². The Morgan fingerprint density at radius 3 is 2.52 bits per heavy atom. The van der Waals surface area contributed by atoms with Crippen LogP contribution >= 0.6 is 0 Å². The van der Waals surface area contributed by atoms with Crippen molar-refractivity contribution in [1.29, 1.82) is 5.26 Å². The minimum absolute atomic E-state index is 0.106. The summed E-state index contributed by atoms with van der Waals surface area (Å²) in [6.07, 6.45) is 3.65. The van der Waals surface area contributed by atoms with Crippen LogP contribution in [0, 0.1) is 11.3 Å². The lowest BCUT2D eigenvalue weighted by Crippen LogP contribution is -2.46. The number of imidazole rings is 1. The summed E-state index contributed by atoms with van der Waals surface area (Å²) >= 11 is 0. The topological polar surface area (TPSA) is 100 Å². The van der Waals surface area contributed by atoms with Crippen molar-refractivity contribution in [2.75, 3.05) is 6.54 Å². The summed E-state index contributed by atoms with van der Waals surface area (Å²) in [6.45, 7) is 1.63. The molecule has 0 spiro atoms. The first kappa shape index (κ1) is 28.8. The molecule has 8 heteroatoms. The molecule has 220 valence electrons. The molecule has 1 aliphatic rings. The summed E-state index contributed by atoms with van der Waals surface area (Å²) in [6, 6.07) is 32.9. The molecule has 4 aromatic carbocycles. The van der Waals surface area contributed by atoms with E-state index >= 15 is 0 Å². The quantitative estimate of drug-likeness (QED) is 0.249. The summed E-state index contributed by atoms with van der Waals surface area (Å²) in [4.78, 5) is 33.4. The normalized spacial score (nSPS) is 16.1. The van der Waals surface area contributed by atoms with Crippen molar-refractivity contribution < 1.29 is 14.3 Å². The Labute approximate surface area is 256 Å². The van der Waals surface area contributed by atoms with Gasteiger partial charge in [-0.1, -0.05) is 84.9 Å². The molecule has 2 atom stereocenters. The molecular weight excluding hydrogens is 550 g/mol. The Hall–Kier alpha value is -5.26. The molecule has 8 nitrogen and oxygen atoms in total. The average molecular weight is 584 g/mol. The Balaban J connectivity index is 1.16. The lowest BCUT2D eigenvalue weighted by molar-refractivity contribution is -0.138. The van der Waals surface area contributed by atoms with Crippen LogP contribution in [0.4, 0.5) is 0 Å². The minimum atomic E-state index is -0.645. The number of hydrogen-bond donors (Lipinski definition) is 1. The van der Waals surface area contributed by atoms with E-state index in [0.29, 0.717) is 38.2 Å². The van der Waals surface area contributed by atoms with Gasteiger partial charge in [0.05, 0.1) is 37.1 Å².